The zero-order chi connectivity index (χ0) is 23.8. The molecule has 0 amide bonds. The molecule has 5 rings (SSSR count). The molecular formula is C26H28N4O4. The molecule has 8 heteroatoms. The smallest absolute Gasteiger partial charge is 0.337 e. The number of para-hydroxylation sites is 2. The van der Waals surface area contributed by atoms with E-state index >= 15 is 0 Å². The first kappa shape index (κ1) is 22.2. The summed E-state index contributed by atoms with van der Waals surface area (Å²) in [7, 11) is 1.62. The van der Waals surface area contributed by atoms with Crippen LogP contribution in [0.15, 0.2) is 58.4 Å². The molecule has 0 bridgehead atoms. The molecule has 176 valence electrons. The van der Waals surface area contributed by atoms with Gasteiger partial charge in [0, 0.05) is 12.2 Å². The maximum atomic E-state index is 13.8. The van der Waals surface area contributed by atoms with E-state index in [-0.39, 0.29) is 18.2 Å². The summed E-state index contributed by atoms with van der Waals surface area (Å²) in [5.74, 6) is 0.729. The van der Waals surface area contributed by atoms with Crippen molar-refractivity contribution in [1.82, 2.24) is 18.7 Å². The number of hydrogen-bond acceptors (Lipinski definition) is 5. The molecule has 8 nitrogen and oxygen atoms in total. The van der Waals surface area contributed by atoms with Gasteiger partial charge in [-0.15, -0.1) is 0 Å². The second-order valence-electron chi connectivity index (χ2n) is 8.77. The number of imidazole rings is 1. The van der Waals surface area contributed by atoms with Crippen LogP contribution in [-0.2, 0) is 17.8 Å². The van der Waals surface area contributed by atoms with Crippen LogP contribution >= 0.6 is 0 Å². The molecule has 1 aliphatic rings. The first-order chi connectivity index (χ1) is 16.5. The van der Waals surface area contributed by atoms with Crippen molar-refractivity contribution < 1.29 is 9.47 Å². The van der Waals surface area contributed by atoms with Crippen molar-refractivity contribution >= 4 is 11.2 Å². The summed E-state index contributed by atoms with van der Waals surface area (Å²) in [6, 6.07) is 13.6. The summed E-state index contributed by atoms with van der Waals surface area (Å²) in [4.78, 5) is 32.0. The lowest BCUT2D eigenvalue weighted by molar-refractivity contribution is 0.0950. The minimum atomic E-state index is -0.395. The van der Waals surface area contributed by atoms with Gasteiger partial charge < -0.3 is 14.0 Å². The van der Waals surface area contributed by atoms with Gasteiger partial charge in [0.05, 0.1) is 38.3 Å². The van der Waals surface area contributed by atoms with Crippen molar-refractivity contribution in [3.63, 3.8) is 0 Å². The molecule has 0 unspecified atom stereocenters. The fourth-order valence-electron chi connectivity index (χ4n) is 4.83. The molecule has 2 aromatic heterocycles. The number of methoxy groups -OCH3 is 1. The molecule has 1 fully saturated rings. The van der Waals surface area contributed by atoms with Crippen LogP contribution in [0.1, 0.15) is 29.5 Å². The van der Waals surface area contributed by atoms with Crippen molar-refractivity contribution in [1.29, 1.82) is 0 Å². The lowest BCUT2D eigenvalue weighted by Crippen LogP contribution is -2.42. The van der Waals surface area contributed by atoms with E-state index in [1.807, 2.05) is 56.3 Å². The van der Waals surface area contributed by atoms with Crippen molar-refractivity contribution in [3.8, 4) is 11.4 Å². The Morgan fingerprint density at radius 2 is 1.85 bits per heavy atom. The first-order valence-corrected chi connectivity index (χ1v) is 11.5. The van der Waals surface area contributed by atoms with Gasteiger partial charge in [-0.1, -0.05) is 36.4 Å². The summed E-state index contributed by atoms with van der Waals surface area (Å²) >= 11 is 0. The van der Waals surface area contributed by atoms with Gasteiger partial charge in [-0.2, -0.15) is 0 Å². The minimum absolute atomic E-state index is 0.153. The average Bonchev–Trinajstić information content (AvgIpc) is 3.49. The highest BCUT2D eigenvalue weighted by Crippen LogP contribution is 2.23. The Morgan fingerprint density at radius 3 is 2.56 bits per heavy atom. The van der Waals surface area contributed by atoms with Gasteiger partial charge >= 0.3 is 5.69 Å². The topological polar surface area (TPSA) is 80.3 Å². The normalized spacial score (nSPS) is 15.8. The summed E-state index contributed by atoms with van der Waals surface area (Å²) in [6.45, 7) is 5.18. The number of aromatic nitrogens is 4. The van der Waals surface area contributed by atoms with Crippen LogP contribution in [0, 0.1) is 13.8 Å². The van der Waals surface area contributed by atoms with Crippen LogP contribution in [-0.4, -0.2) is 38.5 Å². The van der Waals surface area contributed by atoms with Gasteiger partial charge in [-0.3, -0.25) is 9.36 Å². The predicted octanol–water partition coefficient (Wildman–Crippen LogP) is 3.20. The quantitative estimate of drug-likeness (QED) is 0.442. The molecule has 2 aromatic carbocycles. The predicted molar refractivity (Wildman–Crippen MR) is 130 cm³/mol. The van der Waals surface area contributed by atoms with Crippen molar-refractivity contribution in [2.45, 2.75) is 45.9 Å². The monoisotopic (exact) mass is 460 g/mol. The van der Waals surface area contributed by atoms with Crippen molar-refractivity contribution in [3.05, 3.63) is 86.3 Å². The molecule has 3 heterocycles. The van der Waals surface area contributed by atoms with Crippen LogP contribution in [0.25, 0.3) is 16.9 Å². The molecule has 1 saturated heterocycles. The number of nitrogens with zero attached hydrogens (tertiary/aromatic N) is 4. The number of hydrogen-bond donors (Lipinski definition) is 0. The lowest BCUT2D eigenvalue weighted by Gasteiger charge is -2.18. The fourth-order valence-corrected chi connectivity index (χ4v) is 4.83. The van der Waals surface area contributed by atoms with Gasteiger partial charge in [-0.25, -0.2) is 14.3 Å². The number of aryl methyl sites for hydroxylation is 2. The Labute approximate surface area is 197 Å². The van der Waals surface area contributed by atoms with Crippen molar-refractivity contribution in [2.24, 2.45) is 0 Å². The van der Waals surface area contributed by atoms with Gasteiger partial charge in [0.1, 0.15) is 5.75 Å². The van der Waals surface area contributed by atoms with Gasteiger partial charge in [0.15, 0.2) is 11.2 Å². The van der Waals surface area contributed by atoms with E-state index < -0.39 is 5.69 Å². The summed E-state index contributed by atoms with van der Waals surface area (Å²) < 4.78 is 16.0. The highest BCUT2D eigenvalue weighted by molar-refractivity contribution is 5.73. The molecule has 0 radical (unpaired) electrons. The number of fused-ring (bicyclic) bond motifs is 1. The number of ether oxygens (including phenoxy) is 2. The molecule has 0 saturated carbocycles. The van der Waals surface area contributed by atoms with E-state index in [2.05, 4.69) is 4.98 Å². The van der Waals surface area contributed by atoms with E-state index in [1.54, 1.807) is 22.6 Å². The maximum absolute atomic E-state index is 13.8. The lowest BCUT2D eigenvalue weighted by atomic mass is 10.1. The van der Waals surface area contributed by atoms with Crippen LogP contribution in [0.2, 0.25) is 0 Å². The van der Waals surface area contributed by atoms with E-state index in [0.717, 1.165) is 41.0 Å². The Hall–Kier alpha value is -3.65. The largest absolute Gasteiger partial charge is 0.496 e. The Bertz CT molecular complexity index is 1450. The summed E-state index contributed by atoms with van der Waals surface area (Å²) in [5, 5.41) is 0. The fraction of sp³-hybridized carbons (Fsp3) is 0.346. The summed E-state index contributed by atoms with van der Waals surface area (Å²) in [6.07, 6.45) is 3.23. The molecule has 4 aromatic rings. The third-order valence-corrected chi connectivity index (χ3v) is 6.51. The standard InChI is InChI=1S/C26H28N4O4/c1-17-8-6-9-18(2)22(17)30-24-23(25(31)29(26(30)32)15-20-11-7-13-34-20)28(16-27-24)14-19-10-4-5-12-21(19)33-3/h4-6,8-10,12,16,20H,7,11,13-15H2,1-3H3/t20-/m0/s1. The zero-order valence-corrected chi connectivity index (χ0v) is 19.7. The highest BCUT2D eigenvalue weighted by atomic mass is 16.5. The Balaban J connectivity index is 1.77. The molecule has 0 spiro atoms. The first-order valence-electron chi connectivity index (χ1n) is 11.5. The SMILES string of the molecule is COc1ccccc1Cn1cnc2c1c(=O)n(C[C@@H]1CCCO1)c(=O)n2-c1c(C)cccc1C. The third kappa shape index (κ3) is 3.74. The number of rotatable bonds is 6. The summed E-state index contributed by atoms with van der Waals surface area (Å²) in [5.41, 5.74) is 3.52. The van der Waals surface area contributed by atoms with Crippen LogP contribution in [0.4, 0.5) is 0 Å². The average molecular weight is 461 g/mol. The second-order valence-corrected chi connectivity index (χ2v) is 8.77. The second kappa shape index (κ2) is 8.95. The van der Waals surface area contributed by atoms with Gasteiger partial charge in [0.25, 0.3) is 5.56 Å². The molecule has 1 aliphatic heterocycles. The van der Waals surface area contributed by atoms with Crippen LogP contribution in [0.3, 0.4) is 0 Å². The molecule has 34 heavy (non-hydrogen) atoms. The van der Waals surface area contributed by atoms with E-state index in [9.17, 15) is 9.59 Å². The maximum Gasteiger partial charge on any atom is 0.337 e. The highest BCUT2D eigenvalue weighted by Gasteiger charge is 2.24. The number of benzene rings is 2. The zero-order valence-electron chi connectivity index (χ0n) is 19.7. The van der Waals surface area contributed by atoms with Crippen molar-refractivity contribution in [2.75, 3.05) is 13.7 Å². The molecule has 1 atom stereocenters. The minimum Gasteiger partial charge on any atom is -0.496 e. The van der Waals surface area contributed by atoms with Gasteiger partial charge in [-0.05, 0) is 43.9 Å². The van der Waals surface area contributed by atoms with E-state index in [0.29, 0.717) is 24.3 Å². The van der Waals surface area contributed by atoms with E-state index in [4.69, 9.17) is 9.47 Å². The van der Waals surface area contributed by atoms with Crippen LogP contribution in [0.5, 0.6) is 5.75 Å². The molecule has 0 N–H and O–H groups in total. The Kier molecular flexibility index (Phi) is 5.83. The third-order valence-electron chi connectivity index (χ3n) is 6.51. The Morgan fingerprint density at radius 1 is 1.09 bits per heavy atom. The van der Waals surface area contributed by atoms with E-state index in [1.165, 1.54) is 4.57 Å². The van der Waals surface area contributed by atoms with Crippen LogP contribution < -0.4 is 16.0 Å². The molecular weight excluding hydrogens is 432 g/mol. The molecule has 0 aliphatic carbocycles. The van der Waals surface area contributed by atoms with Gasteiger partial charge in [0.2, 0.25) is 0 Å².